The fourth-order valence-electron chi connectivity index (χ4n) is 4.18. The van der Waals surface area contributed by atoms with E-state index in [1.807, 2.05) is 4.90 Å². The van der Waals surface area contributed by atoms with E-state index in [9.17, 15) is 18.0 Å². The fourth-order valence-corrected chi connectivity index (χ4v) is 4.18. The Labute approximate surface area is 193 Å². The number of amides is 2. The van der Waals surface area contributed by atoms with Crippen molar-refractivity contribution in [2.75, 3.05) is 31.1 Å². The van der Waals surface area contributed by atoms with Gasteiger partial charge in [-0.25, -0.2) is 32.9 Å². The number of urea groups is 1. The predicted octanol–water partition coefficient (Wildman–Crippen LogP) is 2.97. The predicted molar refractivity (Wildman–Crippen MR) is 117 cm³/mol. The molecular weight excluding hydrogens is 449 g/mol. The first-order valence-electron chi connectivity index (χ1n) is 10.7. The maximum atomic E-state index is 14.3. The van der Waals surface area contributed by atoms with Crippen molar-refractivity contribution in [2.24, 2.45) is 12.1 Å². The van der Waals surface area contributed by atoms with Crippen LogP contribution in [0.5, 0.6) is 0 Å². The van der Waals surface area contributed by atoms with Crippen molar-refractivity contribution >= 4 is 18.2 Å². The van der Waals surface area contributed by atoms with E-state index in [4.69, 9.17) is 0 Å². The summed E-state index contributed by atoms with van der Waals surface area (Å²) in [5.41, 5.74) is 1.03. The Kier molecular flexibility index (Phi) is 5.64. The second-order valence-electron chi connectivity index (χ2n) is 8.06. The molecular formula is C22H21F3N8O. The Bertz CT molecular complexity index is 1230. The van der Waals surface area contributed by atoms with Crippen LogP contribution in [0.15, 0.2) is 41.8 Å². The number of hydrazone groups is 1. The van der Waals surface area contributed by atoms with Crippen LogP contribution in [0.1, 0.15) is 18.0 Å². The van der Waals surface area contributed by atoms with Gasteiger partial charge in [0.05, 0.1) is 17.9 Å². The van der Waals surface area contributed by atoms with Crippen LogP contribution in [-0.4, -0.2) is 68.1 Å². The van der Waals surface area contributed by atoms with E-state index < -0.39 is 23.5 Å². The minimum atomic E-state index is -0.701. The molecule has 12 heteroatoms. The number of aromatic nitrogens is 4. The lowest BCUT2D eigenvalue weighted by molar-refractivity contribution is 0.139. The lowest BCUT2D eigenvalue weighted by Gasteiger charge is -2.37. The van der Waals surface area contributed by atoms with Crippen molar-refractivity contribution in [3.05, 3.63) is 59.7 Å². The summed E-state index contributed by atoms with van der Waals surface area (Å²) in [6.07, 6.45) is 4.62. The summed E-state index contributed by atoms with van der Waals surface area (Å²) in [5, 5.41) is 9.46. The molecule has 0 saturated carbocycles. The number of anilines is 1. The molecule has 2 aromatic heterocycles. The van der Waals surface area contributed by atoms with Crippen molar-refractivity contribution in [2.45, 2.75) is 12.5 Å². The maximum absolute atomic E-state index is 14.3. The lowest BCUT2D eigenvalue weighted by Crippen LogP contribution is -2.52. The highest BCUT2D eigenvalue weighted by atomic mass is 19.1. The number of hydrogen-bond acceptors (Lipinski definition) is 6. The lowest BCUT2D eigenvalue weighted by atomic mass is 10.0. The first kappa shape index (κ1) is 21.9. The molecule has 1 saturated heterocycles. The molecule has 2 amide bonds. The Balaban J connectivity index is 1.28. The molecule has 1 fully saturated rings. The van der Waals surface area contributed by atoms with Gasteiger partial charge in [0.15, 0.2) is 5.82 Å². The third-order valence-electron chi connectivity index (χ3n) is 5.92. The van der Waals surface area contributed by atoms with Crippen LogP contribution >= 0.6 is 0 Å². The van der Waals surface area contributed by atoms with Crippen LogP contribution in [0, 0.1) is 17.5 Å². The molecule has 9 nitrogen and oxygen atoms in total. The van der Waals surface area contributed by atoms with Gasteiger partial charge in [-0.3, -0.25) is 4.68 Å². The molecule has 3 aromatic rings. The van der Waals surface area contributed by atoms with Gasteiger partial charge in [0.1, 0.15) is 17.3 Å². The quantitative estimate of drug-likeness (QED) is 0.588. The Morgan fingerprint density at radius 1 is 1.06 bits per heavy atom. The van der Waals surface area contributed by atoms with Crippen LogP contribution in [-0.2, 0) is 7.05 Å². The highest BCUT2D eigenvalue weighted by Crippen LogP contribution is 2.30. The van der Waals surface area contributed by atoms with Gasteiger partial charge in [-0.2, -0.15) is 10.2 Å². The monoisotopic (exact) mass is 470 g/mol. The fraction of sp³-hybridized carbons (Fsp3) is 0.318. The van der Waals surface area contributed by atoms with E-state index in [0.29, 0.717) is 49.8 Å². The Morgan fingerprint density at radius 3 is 2.47 bits per heavy atom. The molecule has 5 rings (SSSR count). The normalized spacial score (nSPS) is 18.1. The minimum absolute atomic E-state index is 0.153. The van der Waals surface area contributed by atoms with Crippen LogP contribution in [0.25, 0.3) is 11.4 Å². The molecule has 1 aromatic carbocycles. The highest BCUT2D eigenvalue weighted by molar-refractivity contribution is 5.78. The van der Waals surface area contributed by atoms with Gasteiger partial charge in [0.2, 0.25) is 5.95 Å². The Hall–Kier alpha value is -3.96. The molecule has 176 valence electrons. The molecule has 2 aliphatic heterocycles. The SMILES string of the molecule is Cn1nccc1-c1nc(N2CCN(C(=O)N3N=CCC3c3cc(F)cc(F)c3)CC2)ncc1F. The van der Waals surface area contributed by atoms with Gasteiger partial charge in [0, 0.05) is 58.1 Å². The largest absolute Gasteiger partial charge is 0.341 e. The summed E-state index contributed by atoms with van der Waals surface area (Å²) in [4.78, 5) is 25.1. The van der Waals surface area contributed by atoms with Crippen molar-refractivity contribution in [1.82, 2.24) is 29.7 Å². The zero-order valence-electron chi connectivity index (χ0n) is 18.3. The number of benzene rings is 1. The number of nitrogens with zero attached hydrogens (tertiary/aromatic N) is 8. The molecule has 34 heavy (non-hydrogen) atoms. The van der Waals surface area contributed by atoms with Crippen LogP contribution < -0.4 is 4.90 Å². The third-order valence-corrected chi connectivity index (χ3v) is 5.92. The number of carbonyl (C=O) groups is 1. The molecule has 0 aliphatic carbocycles. The molecule has 0 spiro atoms. The van der Waals surface area contributed by atoms with E-state index in [-0.39, 0.29) is 11.7 Å². The standard InChI is InChI=1S/C22H21F3N8O/c1-30-19(3-4-27-30)20-17(25)13-26-21(29-20)31-6-8-32(9-7-31)22(34)33-18(2-5-28-33)14-10-15(23)12-16(24)11-14/h3-5,10-13,18H,2,6-9H2,1H3. The van der Waals surface area contributed by atoms with E-state index in [0.717, 1.165) is 12.3 Å². The molecule has 2 aliphatic rings. The summed E-state index contributed by atoms with van der Waals surface area (Å²) in [7, 11) is 1.70. The summed E-state index contributed by atoms with van der Waals surface area (Å²) in [5.74, 6) is -1.59. The minimum Gasteiger partial charge on any atom is -0.337 e. The number of hydrogen-bond donors (Lipinski definition) is 0. The first-order chi connectivity index (χ1) is 16.4. The van der Waals surface area contributed by atoms with Gasteiger partial charge < -0.3 is 9.80 Å². The highest BCUT2D eigenvalue weighted by Gasteiger charge is 2.34. The van der Waals surface area contributed by atoms with E-state index >= 15 is 0 Å². The van der Waals surface area contributed by atoms with Crippen LogP contribution in [0.2, 0.25) is 0 Å². The molecule has 1 atom stereocenters. The molecule has 0 radical (unpaired) electrons. The summed E-state index contributed by atoms with van der Waals surface area (Å²) >= 11 is 0. The van der Waals surface area contributed by atoms with Gasteiger partial charge >= 0.3 is 6.03 Å². The number of piperazine rings is 1. The molecule has 4 heterocycles. The van der Waals surface area contributed by atoms with Crippen molar-refractivity contribution < 1.29 is 18.0 Å². The first-order valence-corrected chi connectivity index (χ1v) is 10.7. The number of halogens is 3. The zero-order valence-corrected chi connectivity index (χ0v) is 18.3. The molecule has 0 N–H and O–H groups in total. The topological polar surface area (TPSA) is 82.8 Å². The van der Waals surface area contributed by atoms with Crippen molar-refractivity contribution in [1.29, 1.82) is 0 Å². The van der Waals surface area contributed by atoms with Crippen molar-refractivity contribution in [3.63, 3.8) is 0 Å². The third kappa shape index (κ3) is 4.06. The Morgan fingerprint density at radius 2 is 1.79 bits per heavy atom. The number of aryl methyl sites for hydroxylation is 1. The molecule has 1 unspecified atom stereocenters. The smallest absolute Gasteiger partial charge is 0.337 e. The van der Waals surface area contributed by atoms with E-state index in [1.54, 1.807) is 30.4 Å². The zero-order chi connectivity index (χ0) is 23.8. The second kappa shape index (κ2) is 8.76. The van der Waals surface area contributed by atoms with Crippen molar-refractivity contribution in [3.8, 4) is 11.4 Å². The second-order valence-corrected chi connectivity index (χ2v) is 8.06. The summed E-state index contributed by atoms with van der Waals surface area (Å²) in [6.45, 7) is 1.58. The van der Waals surface area contributed by atoms with Gasteiger partial charge in [0.25, 0.3) is 0 Å². The average molecular weight is 470 g/mol. The van der Waals surface area contributed by atoms with Gasteiger partial charge in [-0.1, -0.05) is 0 Å². The number of rotatable bonds is 3. The van der Waals surface area contributed by atoms with Crippen LogP contribution in [0.4, 0.5) is 23.9 Å². The van der Waals surface area contributed by atoms with E-state index in [2.05, 4.69) is 20.2 Å². The number of carbonyl (C=O) groups excluding carboxylic acids is 1. The maximum Gasteiger partial charge on any atom is 0.341 e. The van der Waals surface area contributed by atoms with Gasteiger partial charge in [-0.15, -0.1) is 0 Å². The van der Waals surface area contributed by atoms with Gasteiger partial charge in [-0.05, 0) is 23.8 Å². The summed E-state index contributed by atoms with van der Waals surface area (Å²) in [6, 6.07) is 3.97. The average Bonchev–Trinajstić information content (AvgIpc) is 3.48. The van der Waals surface area contributed by atoms with Crippen LogP contribution in [0.3, 0.4) is 0 Å². The van der Waals surface area contributed by atoms with E-state index in [1.165, 1.54) is 21.8 Å². The molecule has 0 bridgehead atoms. The summed E-state index contributed by atoms with van der Waals surface area (Å²) < 4.78 is 43.3.